The van der Waals surface area contributed by atoms with Crippen LogP contribution in [0.1, 0.15) is 36.0 Å². The maximum absolute atomic E-state index is 12.0. The molecule has 4 nitrogen and oxygen atoms in total. The smallest absolute Gasteiger partial charge is 0.246 e. The third-order valence-corrected chi connectivity index (χ3v) is 4.38. The molecule has 2 rings (SSSR count). The van der Waals surface area contributed by atoms with E-state index in [1.54, 1.807) is 22.3 Å². The van der Waals surface area contributed by atoms with Crippen molar-refractivity contribution < 1.29 is 9.53 Å². The monoisotopic (exact) mass is 344 g/mol. The third-order valence-electron chi connectivity index (χ3n) is 3.55. The fourth-order valence-electron chi connectivity index (χ4n) is 2.14. The van der Waals surface area contributed by atoms with Gasteiger partial charge in [-0.2, -0.15) is 0 Å². The van der Waals surface area contributed by atoms with Gasteiger partial charge >= 0.3 is 0 Å². The minimum atomic E-state index is 0.0210. The summed E-state index contributed by atoms with van der Waals surface area (Å²) in [6, 6.07) is 7.71. The van der Waals surface area contributed by atoms with Gasteiger partial charge in [0.1, 0.15) is 12.4 Å². The molecule has 5 heteroatoms. The molecule has 0 aliphatic heterocycles. The number of nitrogens with zero attached hydrogens (tertiary/aromatic N) is 2. The van der Waals surface area contributed by atoms with Gasteiger partial charge in [-0.05, 0) is 37.1 Å². The topological polar surface area (TPSA) is 42.4 Å². The van der Waals surface area contributed by atoms with E-state index in [0.717, 1.165) is 41.4 Å². The van der Waals surface area contributed by atoms with Crippen LogP contribution in [-0.4, -0.2) is 29.4 Å². The molecule has 0 atom stereocenters. The first-order valence-corrected chi connectivity index (χ1v) is 9.03. The van der Waals surface area contributed by atoms with Crippen molar-refractivity contribution in [2.45, 2.75) is 33.3 Å². The number of ether oxygens (including phenoxy) is 1. The molecule has 0 spiro atoms. The largest absolute Gasteiger partial charge is 0.487 e. The van der Waals surface area contributed by atoms with Crippen molar-refractivity contribution in [3.05, 3.63) is 52.0 Å². The van der Waals surface area contributed by atoms with Crippen LogP contribution in [0.5, 0.6) is 5.75 Å². The number of rotatable bonds is 8. The molecule has 1 amide bonds. The van der Waals surface area contributed by atoms with E-state index in [4.69, 9.17) is 4.74 Å². The summed E-state index contributed by atoms with van der Waals surface area (Å²) in [5.41, 5.74) is 1.88. The highest BCUT2D eigenvalue weighted by atomic mass is 32.1. The molecular formula is C19H24N2O2S. The van der Waals surface area contributed by atoms with Gasteiger partial charge in [-0.15, -0.1) is 11.3 Å². The van der Waals surface area contributed by atoms with Crippen LogP contribution in [0.3, 0.4) is 0 Å². The number of hydrogen-bond acceptors (Lipinski definition) is 4. The summed E-state index contributed by atoms with van der Waals surface area (Å²) >= 11 is 1.62. The first-order chi connectivity index (χ1) is 11.6. The average molecular weight is 344 g/mol. The van der Waals surface area contributed by atoms with E-state index in [1.165, 1.54) is 0 Å². The van der Waals surface area contributed by atoms with E-state index < -0.39 is 0 Å². The molecule has 0 saturated carbocycles. The normalized spacial score (nSPS) is 11.0. The lowest BCUT2D eigenvalue weighted by molar-refractivity contribution is -0.124. The van der Waals surface area contributed by atoms with Crippen LogP contribution in [0, 0.1) is 6.92 Å². The van der Waals surface area contributed by atoms with E-state index in [-0.39, 0.29) is 5.91 Å². The van der Waals surface area contributed by atoms with Crippen molar-refractivity contribution in [1.29, 1.82) is 0 Å². The summed E-state index contributed by atoms with van der Waals surface area (Å²) in [7, 11) is 1.83. The number of hydrogen-bond donors (Lipinski definition) is 0. The molecule has 0 fully saturated rings. The van der Waals surface area contributed by atoms with E-state index in [2.05, 4.69) is 11.9 Å². The van der Waals surface area contributed by atoms with Crippen LogP contribution in [-0.2, 0) is 11.4 Å². The molecule has 1 heterocycles. The number of benzene rings is 1. The minimum Gasteiger partial charge on any atom is -0.487 e. The zero-order valence-electron chi connectivity index (χ0n) is 14.5. The maximum Gasteiger partial charge on any atom is 0.246 e. The van der Waals surface area contributed by atoms with Crippen molar-refractivity contribution in [3.63, 3.8) is 0 Å². The molecule has 0 bridgehead atoms. The SMILES string of the molecule is CCCCN(C)C(=O)/C=C/c1cccc(OCc2csc(C)n2)c1. The summed E-state index contributed by atoms with van der Waals surface area (Å²) < 4.78 is 5.77. The summed E-state index contributed by atoms with van der Waals surface area (Å²) in [5, 5.41) is 3.04. The maximum atomic E-state index is 12.0. The molecule has 24 heavy (non-hydrogen) atoms. The van der Waals surface area contributed by atoms with Gasteiger partial charge in [0.15, 0.2) is 0 Å². The van der Waals surface area contributed by atoms with Crippen LogP contribution in [0.2, 0.25) is 0 Å². The van der Waals surface area contributed by atoms with Crippen molar-refractivity contribution in [2.75, 3.05) is 13.6 Å². The predicted octanol–water partition coefficient (Wildman–Crippen LogP) is 4.30. The number of likely N-dealkylation sites (N-methyl/N-ethyl adjacent to an activating group) is 1. The number of aromatic nitrogens is 1. The Morgan fingerprint density at radius 1 is 1.42 bits per heavy atom. The van der Waals surface area contributed by atoms with Gasteiger partial charge < -0.3 is 9.64 Å². The molecule has 0 saturated heterocycles. The Kier molecular flexibility index (Phi) is 7.00. The van der Waals surface area contributed by atoms with Gasteiger partial charge in [0, 0.05) is 25.0 Å². The molecule has 0 N–H and O–H groups in total. The zero-order chi connectivity index (χ0) is 17.4. The number of amides is 1. The van der Waals surface area contributed by atoms with Crippen LogP contribution in [0.25, 0.3) is 6.08 Å². The lowest BCUT2D eigenvalue weighted by atomic mass is 10.2. The van der Waals surface area contributed by atoms with Crippen LogP contribution >= 0.6 is 11.3 Å². The molecule has 128 valence electrons. The van der Waals surface area contributed by atoms with Crippen LogP contribution in [0.4, 0.5) is 0 Å². The number of carbonyl (C=O) groups excluding carboxylic acids is 1. The Bertz CT molecular complexity index is 694. The number of unbranched alkanes of at least 4 members (excludes halogenated alkanes) is 1. The fourth-order valence-corrected chi connectivity index (χ4v) is 2.74. The van der Waals surface area contributed by atoms with E-state index >= 15 is 0 Å². The van der Waals surface area contributed by atoms with Crippen LogP contribution in [0.15, 0.2) is 35.7 Å². The van der Waals surface area contributed by atoms with Crippen molar-refractivity contribution >= 4 is 23.3 Å². The summed E-state index contributed by atoms with van der Waals surface area (Å²) in [6.07, 6.45) is 5.54. The predicted molar refractivity (Wildman–Crippen MR) is 99.2 cm³/mol. The Hall–Kier alpha value is -2.14. The summed E-state index contributed by atoms with van der Waals surface area (Å²) in [5.74, 6) is 0.794. The van der Waals surface area contributed by atoms with Gasteiger partial charge in [-0.25, -0.2) is 4.98 Å². The standard InChI is InChI=1S/C19H24N2O2S/c1-4-5-11-21(3)19(22)10-9-16-7-6-8-18(12-16)23-13-17-14-24-15(2)20-17/h6-10,12,14H,4-5,11,13H2,1-3H3/b10-9+. The average Bonchev–Trinajstić information content (AvgIpc) is 3.01. The Labute approximate surface area is 147 Å². The fraction of sp³-hybridized carbons (Fsp3) is 0.368. The minimum absolute atomic E-state index is 0.0210. The zero-order valence-corrected chi connectivity index (χ0v) is 15.3. The highest BCUT2D eigenvalue weighted by molar-refractivity contribution is 7.09. The van der Waals surface area contributed by atoms with Gasteiger partial charge in [-0.1, -0.05) is 25.5 Å². The van der Waals surface area contributed by atoms with E-state index in [9.17, 15) is 4.79 Å². The first-order valence-electron chi connectivity index (χ1n) is 8.15. The molecule has 0 unspecified atom stereocenters. The Morgan fingerprint density at radius 2 is 2.25 bits per heavy atom. The van der Waals surface area contributed by atoms with Crippen molar-refractivity contribution in [3.8, 4) is 5.75 Å². The number of thiazole rings is 1. The number of carbonyl (C=O) groups is 1. The van der Waals surface area contributed by atoms with Gasteiger partial charge in [0.25, 0.3) is 0 Å². The van der Waals surface area contributed by atoms with E-state index in [0.29, 0.717) is 6.61 Å². The Balaban J connectivity index is 1.92. The molecule has 2 aromatic rings. The second-order valence-corrected chi connectivity index (χ2v) is 6.73. The van der Waals surface area contributed by atoms with Gasteiger partial charge in [0.05, 0.1) is 10.7 Å². The summed E-state index contributed by atoms with van der Waals surface area (Å²) in [6.45, 7) is 5.34. The first kappa shape index (κ1) is 18.2. The number of aryl methyl sites for hydroxylation is 1. The quantitative estimate of drug-likeness (QED) is 0.671. The Morgan fingerprint density at radius 3 is 2.96 bits per heavy atom. The van der Waals surface area contributed by atoms with Crippen molar-refractivity contribution in [2.24, 2.45) is 0 Å². The molecular weight excluding hydrogens is 320 g/mol. The molecule has 1 aromatic carbocycles. The van der Waals surface area contributed by atoms with Gasteiger partial charge in [0.2, 0.25) is 5.91 Å². The second kappa shape index (κ2) is 9.23. The molecule has 0 aliphatic carbocycles. The summed E-state index contributed by atoms with van der Waals surface area (Å²) in [4.78, 5) is 18.1. The third kappa shape index (κ3) is 5.81. The molecule has 0 aliphatic rings. The second-order valence-electron chi connectivity index (χ2n) is 5.67. The van der Waals surface area contributed by atoms with Crippen molar-refractivity contribution in [1.82, 2.24) is 9.88 Å². The molecule has 1 aromatic heterocycles. The van der Waals surface area contributed by atoms with Gasteiger partial charge in [-0.3, -0.25) is 4.79 Å². The highest BCUT2D eigenvalue weighted by Gasteiger charge is 2.04. The highest BCUT2D eigenvalue weighted by Crippen LogP contribution is 2.17. The molecule has 0 radical (unpaired) electrons. The lowest BCUT2D eigenvalue weighted by Crippen LogP contribution is -2.25. The van der Waals surface area contributed by atoms with Crippen LogP contribution < -0.4 is 4.74 Å². The van der Waals surface area contributed by atoms with E-state index in [1.807, 2.05) is 49.7 Å². The lowest BCUT2D eigenvalue weighted by Gasteiger charge is -2.13.